The van der Waals surface area contributed by atoms with Crippen LogP contribution in [0.4, 0.5) is 0 Å². The molecule has 3 N–H and O–H groups in total. The van der Waals surface area contributed by atoms with Crippen molar-refractivity contribution in [3.63, 3.8) is 0 Å². The van der Waals surface area contributed by atoms with Crippen molar-refractivity contribution < 1.29 is 19.7 Å². The number of carbonyl (C=O) groups is 1. The molecule has 8 nitrogen and oxygen atoms in total. The Balaban J connectivity index is 2.06. The van der Waals surface area contributed by atoms with Gasteiger partial charge in [-0.15, -0.1) is 0 Å². The molecular formula is C20H15ClN2O6. The van der Waals surface area contributed by atoms with E-state index in [1.54, 1.807) is 12.1 Å². The van der Waals surface area contributed by atoms with E-state index in [0.29, 0.717) is 5.56 Å². The second-order valence-electron chi connectivity index (χ2n) is 5.87. The smallest absolute Gasteiger partial charge is 0.335 e. The molecule has 1 aromatic heterocycles. The van der Waals surface area contributed by atoms with Gasteiger partial charge in [-0.3, -0.25) is 14.6 Å². The number of rotatable bonds is 5. The van der Waals surface area contributed by atoms with Gasteiger partial charge in [0.05, 0.1) is 17.8 Å². The number of nitrogens with one attached hydrogen (secondary N) is 1. The molecule has 0 aliphatic heterocycles. The number of aromatic amines is 1. The number of H-pyrrole nitrogens is 1. The van der Waals surface area contributed by atoms with E-state index in [9.17, 15) is 24.6 Å². The zero-order valence-electron chi connectivity index (χ0n) is 15.0. The molecule has 9 heteroatoms. The number of hydrogen-bond donors (Lipinski definition) is 3. The molecule has 148 valence electrons. The maximum absolute atomic E-state index is 12.6. The van der Waals surface area contributed by atoms with E-state index in [1.165, 1.54) is 43.5 Å². The lowest BCUT2D eigenvalue weighted by Gasteiger charge is -2.11. The molecule has 0 aliphatic rings. The summed E-state index contributed by atoms with van der Waals surface area (Å²) in [4.78, 5) is 38.9. The summed E-state index contributed by atoms with van der Waals surface area (Å²) < 4.78 is 5.73. The number of methoxy groups -OCH3 is 1. The van der Waals surface area contributed by atoms with Gasteiger partial charge in [0.25, 0.3) is 5.56 Å². The number of hydrogen-bond acceptors (Lipinski definition) is 6. The molecule has 0 amide bonds. The Hall–Kier alpha value is -3.78. The van der Waals surface area contributed by atoms with Gasteiger partial charge < -0.3 is 14.9 Å². The fourth-order valence-corrected chi connectivity index (χ4v) is 2.88. The summed E-state index contributed by atoms with van der Waals surface area (Å²) in [7, 11) is 1.38. The average Bonchev–Trinajstić information content (AvgIpc) is 2.68. The highest BCUT2D eigenvalue weighted by Gasteiger charge is 2.21. The third kappa shape index (κ3) is 3.92. The number of phenols is 1. The second-order valence-corrected chi connectivity index (χ2v) is 6.28. The highest BCUT2D eigenvalue weighted by Crippen LogP contribution is 2.27. The first-order chi connectivity index (χ1) is 13.8. The molecule has 0 unspecified atom stereocenters. The van der Waals surface area contributed by atoms with E-state index >= 15 is 0 Å². The Morgan fingerprint density at radius 2 is 1.90 bits per heavy atom. The first kappa shape index (κ1) is 20.0. The predicted molar refractivity (Wildman–Crippen MR) is 107 cm³/mol. The zero-order valence-corrected chi connectivity index (χ0v) is 15.8. The van der Waals surface area contributed by atoms with E-state index in [0.717, 1.165) is 10.6 Å². The topological polar surface area (TPSA) is 122 Å². The SMILES string of the molecule is COc1cc(/C=C/C(=O)c2c(O)n(-c3ccccc3Cl)c(=O)[nH]c2=O)ccc1O. The second kappa shape index (κ2) is 8.07. The fourth-order valence-electron chi connectivity index (χ4n) is 2.66. The van der Waals surface area contributed by atoms with Crippen LogP contribution in [0, 0.1) is 0 Å². The van der Waals surface area contributed by atoms with Crippen molar-refractivity contribution in [3.05, 3.63) is 85.5 Å². The number of aromatic nitrogens is 2. The minimum absolute atomic E-state index is 0.0723. The Labute approximate surface area is 168 Å². The summed E-state index contributed by atoms with van der Waals surface area (Å²) in [5.74, 6) is -1.54. The van der Waals surface area contributed by atoms with Crippen LogP contribution in [0.25, 0.3) is 11.8 Å². The van der Waals surface area contributed by atoms with Crippen molar-refractivity contribution in [3.8, 4) is 23.1 Å². The summed E-state index contributed by atoms with van der Waals surface area (Å²) in [6.45, 7) is 0. The maximum Gasteiger partial charge on any atom is 0.335 e. The van der Waals surface area contributed by atoms with E-state index in [4.69, 9.17) is 16.3 Å². The molecule has 1 heterocycles. The van der Waals surface area contributed by atoms with E-state index in [1.807, 2.05) is 4.98 Å². The molecule has 0 atom stereocenters. The Morgan fingerprint density at radius 3 is 2.59 bits per heavy atom. The summed E-state index contributed by atoms with van der Waals surface area (Å²) >= 11 is 6.06. The number of para-hydroxylation sites is 1. The molecule has 0 fully saturated rings. The molecule has 0 bridgehead atoms. The van der Waals surface area contributed by atoms with E-state index < -0.39 is 28.5 Å². The van der Waals surface area contributed by atoms with Gasteiger partial charge in [0.15, 0.2) is 17.3 Å². The number of halogens is 1. The Morgan fingerprint density at radius 1 is 1.17 bits per heavy atom. The number of carbonyl (C=O) groups excluding carboxylic acids is 1. The monoisotopic (exact) mass is 414 g/mol. The molecule has 3 rings (SSSR count). The van der Waals surface area contributed by atoms with Crippen LogP contribution in [0.15, 0.2) is 58.1 Å². The maximum atomic E-state index is 12.6. The number of allylic oxidation sites excluding steroid dienone is 1. The van der Waals surface area contributed by atoms with Gasteiger partial charge >= 0.3 is 5.69 Å². The Kier molecular flexibility index (Phi) is 5.56. The van der Waals surface area contributed by atoms with E-state index in [-0.39, 0.29) is 22.2 Å². The van der Waals surface area contributed by atoms with Crippen LogP contribution in [-0.4, -0.2) is 32.7 Å². The van der Waals surface area contributed by atoms with Gasteiger partial charge in [-0.1, -0.05) is 35.9 Å². The number of aromatic hydroxyl groups is 2. The van der Waals surface area contributed by atoms with Crippen LogP contribution in [0.5, 0.6) is 17.4 Å². The zero-order chi connectivity index (χ0) is 21.1. The Bertz CT molecular complexity index is 1240. The molecule has 0 saturated carbocycles. The molecular weight excluding hydrogens is 400 g/mol. The van der Waals surface area contributed by atoms with Crippen LogP contribution < -0.4 is 16.0 Å². The molecule has 0 spiro atoms. The number of phenolic OH excluding ortho intramolecular Hbond substituents is 1. The fraction of sp³-hybridized carbons (Fsp3) is 0.0500. The number of ether oxygens (including phenoxy) is 1. The lowest BCUT2D eigenvalue weighted by Crippen LogP contribution is -2.32. The molecule has 0 radical (unpaired) electrons. The highest BCUT2D eigenvalue weighted by molar-refractivity contribution is 6.32. The van der Waals surface area contributed by atoms with Crippen LogP contribution in [0.1, 0.15) is 15.9 Å². The van der Waals surface area contributed by atoms with Gasteiger partial charge in [-0.25, -0.2) is 9.36 Å². The van der Waals surface area contributed by atoms with E-state index in [2.05, 4.69) is 0 Å². The third-order valence-electron chi connectivity index (χ3n) is 4.06. The number of benzene rings is 2. The molecule has 2 aromatic carbocycles. The van der Waals surface area contributed by atoms with Crippen molar-refractivity contribution in [1.82, 2.24) is 9.55 Å². The molecule has 29 heavy (non-hydrogen) atoms. The largest absolute Gasteiger partial charge is 0.504 e. The third-order valence-corrected chi connectivity index (χ3v) is 4.38. The van der Waals surface area contributed by atoms with Crippen LogP contribution >= 0.6 is 11.6 Å². The van der Waals surface area contributed by atoms with Crippen molar-refractivity contribution in [2.24, 2.45) is 0 Å². The number of ketones is 1. The van der Waals surface area contributed by atoms with Gasteiger partial charge in [-0.2, -0.15) is 0 Å². The lowest BCUT2D eigenvalue weighted by molar-refractivity contribution is 0.104. The standard InChI is InChI=1S/C20H15ClN2O6/c1-29-16-10-11(6-8-14(16)24)7-9-15(25)17-18(26)22-20(28)23(19(17)27)13-5-3-2-4-12(13)21/h2-10,24,27H,1H3,(H,22,26,28)/b9-7+. The van der Waals surface area contributed by atoms with Gasteiger partial charge in [0.2, 0.25) is 5.88 Å². The van der Waals surface area contributed by atoms with Gasteiger partial charge in [0, 0.05) is 0 Å². The molecule has 3 aromatic rings. The van der Waals surface area contributed by atoms with Gasteiger partial charge in [0.1, 0.15) is 5.56 Å². The van der Waals surface area contributed by atoms with Crippen molar-refractivity contribution in [1.29, 1.82) is 0 Å². The number of nitrogens with zero attached hydrogens (tertiary/aromatic N) is 1. The predicted octanol–water partition coefficient (Wildman–Crippen LogP) is 2.50. The van der Waals surface area contributed by atoms with Crippen LogP contribution in [-0.2, 0) is 0 Å². The first-order valence-electron chi connectivity index (χ1n) is 8.26. The average molecular weight is 415 g/mol. The summed E-state index contributed by atoms with van der Waals surface area (Å²) in [6, 6.07) is 10.5. The first-order valence-corrected chi connectivity index (χ1v) is 8.64. The summed E-state index contributed by atoms with van der Waals surface area (Å²) in [5, 5.41) is 20.2. The normalized spacial score (nSPS) is 11.0. The minimum Gasteiger partial charge on any atom is -0.504 e. The van der Waals surface area contributed by atoms with Crippen molar-refractivity contribution in [2.45, 2.75) is 0 Å². The molecule has 0 aliphatic carbocycles. The minimum atomic E-state index is -1.03. The summed E-state index contributed by atoms with van der Waals surface area (Å²) in [6.07, 6.45) is 2.42. The quantitative estimate of drug-likeness (QED) is 0.435. The van der Waals surface area contributed by atoms with Crippen molar-refractivity contribution in [2.75, 3.05) is 7.11 Å². The van der Waals surface area contributed by atoms with Crippen LogP contribution in [0.2, 0.25) is 5.02 Å². The summed E-state index contributed by atoms with van der Waals surface area (Å²) in [5.41, 5.74) is -1.98. The highest BCUT2D eigenvalue weighted by atomic mass is 35.5. The lowest BCUT2D eigenvalue weighted by atomic mass is 10.1. The van der Waals surface area contributed by atoms with Gasteiger partial charge in [-0.05, 0) is 35.9 Å². The molecule has 0 saturated heterocycles. The van der Waals surface area contributed by atoms with Crippen LogP contribution in [0.3, 0.4) is 0 Å². The van der Waals surface area contributed by atoms with Crippen molar-refractivity contribution >= 4 is 23.5 Å².